The highest BCUT2D eigenvalue weighted by Gasteiger charge is 2.25. The van der Waals surface area contributed by atoms with Gasteiger partial charge in [-0.25, -0.2) is 0 Å². The van der Waals surface area contributed by atoms with Crippen LogP contribution in [0.5, 0.6) is 0 Å². The lowest BCUT2D eigenvalue weighted by atomic mass is 10.1. The first-order valence-electron chi connectivity index (χ1n) is 13.4. The van der Waals surface area contributed by atoms with Gasteiger partial charge in [-0.2, -0.15) is 5.26 Å². The second-order valence-electron chi connectivity index (χ2n) is 10.00. The molecular weight excluding hydrogens is 446 g/mol. The van der Waals surface area contributed by atoms with Gasteiger partial charge in [0.05, 0.1) is 18.2 Å². The summed E-state index contributed by atoms with van der Waals surface area (Å²) in [6.45, 7) is 9.76. The van der Waals surface area contributed by atoms with Crippen molar-refractivity contribution < 1.29 is 4.79 Å². The molecule has 0 saturated carbocycles. The van der Waals surface area contributed by atoms with Crippen LogP contribution in [-0.2, 0) is 11.2 Å². The number of nitrogens with one attached hydrogen (secondary N) is 1. The van der Waals surface area contributed by atoms with Gasteiger partial charge in [0.15, 0.2) is 0 Å². The number of hydrogen-bond acceptors (Lipinski definition) is 4. The molecule has 1 atom stereocenters. The third-order valence-electron chi connectivity index (χ3n) is 7.36. The minimum atomic E-state index is 0.203. The number of aromatic amines is 1. The number of amides is 1. The fourth-order valence-corrected chi connectivity index (χ4v) is 5.25. The predicted octanol–water partition coefficient (Wildman–Crippen LogP) is 5.20. The minimum absolute atomic E-state index is 0.203. The van der Waals surface area contributed by atoms with Gasteiger partial charge in [-0.1, -0.05) is 38.0 Å². The smallest absolute Gasteiger partial charge is 0.241 e. The van der Waals surface area contributed by atoms with Crippen molar-refractivity contribution in [2.24, 2.45) is 0 Å². The van der Waals surface area contributed by atoms with Gasteiger partial charge >= 0.3 is 0 Å². The number of benzene rings is 2. The molecule has 0 spiro atoms. The number of carbonyl (C=O) groups is 1. The van der Waals surface area contributed by atoms with Crippen LogP contribution in [0.2, 0.25) is 0 Å². The van der Waals surface area contributed by atoms with Gasteiger partial charge in [-0.3, -0.25) is 9.69 Å². The van der Waals surface area contributed by atoms with Crippen LogP contribution in [0, 0.1) is 11.3 Å². The summed E-state index contributed by atoms with van der Waals surface area (Å²) in [4.78, 5) is 23.6. The number of unbranched alkanes of at least 4 members (excludes halogenated alkanes) is 1. The molecule has 1 amide bonds. The van der Waals surface area contributed by atoms with Crippen LogP contribution in [0.3, 0.4) is 0 Å². The van der Waals surface area contributed by atoms with Gasteiger partial charge in [0.25, 0.3) is 0 Å². The van der Waals surface area contributed by atoms with Crippen LogP contribution < -0.4 is 4.90 Å². The van der Waals surface area contributed by atoms with Gasteiger partial charge in [-0.05, 0) is 68.6 Å². The van der Waals surface area contributed by atoms with Crippen molar-refractivity contribution in [3.05, 3.63) is 65.9 Å². The Morgan fingerprint density at radius 2 is 1.83 bits per heavy atom. The third kappa shape index (κ3) is 6.54. The molecule has 1 saturated heterocycles. The van der Waals surface area contributed by atoms with E-state index in [1.165, 1.54) is 5.56 Å². The number of nitrogens with zero attached hydrogens (tertiary/aromatic N) is 4. The summed E-state index contributed by atoms with van der Waals surface area (Å²) < 4.78 is 0. The molecule has 1 fully saturated rings. The van der Waals surface area contributed by atoms with E-state index in [4.69, 9.17) is 0 Å². The molecule has 190 valence electrons. The average Bonchev–Trinajstić information content (AvgIpc) is 3.31. The first kappa shape index (κ1) is 25.9. The average molecular weight is 486 g/mol. The first-order valence-corrected chi connectivity index (χ1v) is 13.4. The monoisotopic (exact) mass is 485 g/mol. The van der Waals surface area contributed by atoms with Crippen molar-refractivity contribution in [3.63, 3.8) is 0 Å². The number of aromatic nitrogens is 1. The van der Waals surface area contributed by atoms with E-state index in [1.807, 2.05) is 53.4 Å². The molecule has 1 aliphatic rings. The molecule has 0 radical (unpaired) electrons. The molecule has 6 nitrogen and oxygen atoms in total. The maximum atomic E-state index is 13.4. The summed E-state index contributed by atoms with van der Waals surface area (Å²) in [7, 11) is 0. The summed E-state index contributed by atoms with van der Waals surface area (Å²) in [6.07, 6.45) is 7.46. The Balaban J connectivity index is 1.25. The molecular formula is C30H39N5O. The fourth-order valence-electron chi connectivity index (χ4n) is 5.25. The Morgan fingerprint density at radius 3 is 2.56 bits per heavy atom. The number of para-hydroxylation sites is 1. The quantitative estimate of drug-likeness (QED) is 0.405. The summed E-state index contributed by atoms with van der Waals surface area (Å²) in [5, 5.41) is 10.4. The van der Waals surface area contributed by atoms with Crippen LogP contribution in [-0.4, -0.2) is 66.0 Å². The molecule has 3 aromatic rings. The molecule has 36 heavy (non-hydrogen) atoms. The molecule has 4 rings (SSSR count). The van der Waals surface area contributed by atoms with Crippen LogP contribution in [0.1, 0.15) is 50.7 Å². The van der Waals surface area contributed by atoms with E-state index in [-0.39, 0.29) is 11.9 Å². The van der Waals surface area contributed by atoms with Gasteiger partial charge in [0.1, 0.15) is 0 Å². The van der Waals surface area contributed by atoms with Crippen molar-refractivity contribution >= 4 is 22.5 Å². The summed E-state index contributed by atoms with van der Waals surface area (Å²) in [5.41, 5.74) is 4.09. The van der Waals surface area contributed by atoms with E-state index in [1.54, 1.807) is 0 Å². The number of carbonyl (C=O) groups excluding carboxylic acids is 1. The Labute approximate surface area is 215 Å². The van der Waals surface area contributed by atoms with E-state index < -0.39 is 0 Å². The lowest BCUT2D eigenvalue weighted by Gasteiger charge is -2.36. The van der Waals surface area contributed by atoms with Gasteiger partial charge in [0, 0.05) is 55.0 Å². The molecule has 1 unspecified atom stereocenters. The third-order valence-corrected chi connectivity index (χ3v) is 7.36. The number of hydrogen-bond donors (Lipinski definition) is 1. The second kappa shape index (κ2) is 12.7. The Kier molecular flexibility index (Phi) is 9.16. The first-order chi connectivity index (χ1) is 17.6. The van der Waals surface area contributed by atoms with Crippen LogP contribution in [0.4, 0.5) is 5.69 Å². The van der Waals surface area contributed by atoms with Crippen molar-refractivity contribution in [2.45, 2.75) is 52.0 Å². The molecule has 0 bridgehead atoms. The number of nitriles is 1. The normalized spacial score (nSPS) is 15.6. The van der Waals surface area contributed by atoms with Crippen LogP contribution >= 0.6 is 0 Å². The largest absolute Gasteiger partial charge is 0.361 e. The molecule has 2 aromatic carbocycles. The molecule has 0 aliphatic carbocycles. The number of H-pyrrole nitrogens is 1. The lowest BCUT2D eigenvalue weighted by molar-refractivity contribution is -0.120. The maximum Gasteiger partial charge on any atom is 0.241 e. The zero-order valence-electron chi connectivity index (χ0n) is 21.7. The maximum absolute atomic E-state index is 13.4. The minimum Gasteiger partial charge on any atom is -0.361 e. The van der Waals surface area contributed by atoms with E-state index >= 15 is 0 Å². The molecule has 1 N–H and O–H groups in total. The van der Waals surface area contributed by atoms with Crippen molar-refractivity contribution in [2.75, 3.05) is 44.2 Å². The number of fused-ring (bicyclic) bond motifs is 1. The summed E-state index contributed by atoms with van der Waals surface area (Å²) >= 11 is 0. The van der Waals surface area contributed by atoms with E-state index in [9.17, 15) is 10.1 Å². The molecule has 1 aliphatic heterocycles. The number of rotatable bonds is 11. The van der Waals surface area contributed by atoms with E-state index in [0.29, 0.717) is 12.1 Å². The van der Waals surface area contributed by atoms with Crippen LogP contribution in [0.15, 0.2) is 54.7 Å². The zero-order valence-corrected chi connectivity index (χ0v) is 21.7. The number of aryl methyl sites for hydroxylation is 1. The Morgan fingerprint density at radius 1 is 1.08 bits per heavy atom. The van der Waals surface area contributed by atoms with Gasteiger partial charge < -0.3 is 14.8 Å². The Bertz CT molecular complexity index is 1160. The van der Waals surface area contributed by atoms with Crippen molar-refractivity contribution in [3.8, 4) is 6.07 Å². The predicted molar refractivity (Wildman–Crippen MR) is 147 cm³/mol. The fraction of sp³-hybridized carbons (Fsp3) is 0.467. The molecule has 2 heterocycles. The number of piperazine rings is 1. The highest BCUT2D eigenvalue weighted by Crippen LogP contribution is 2.22. The highest BCUT2D eigenvalue weighted by atomic mass is 16.2. The van der Waals surface area contributed by atoms with Crippen LogP contribution in [0.25, 0.3) is 10.9 Å². The molecule has 1 aromatic heterocycles. The second-order valence-corrected chi connectivity index (χ2v) is 10.00. The summed E-state index contributed by atoms with van der Waals surface area (Å²) in [5.74, 6) is 0.203. The van der Waals surface area contributed by atoms with E-state index in [0.717, 1.165) is 81.4 Å². The highest BCUT2D eigenvalue weighted by molar-refractivity contribution is 5.95. The standard InChI is InChI=1S/C30H39N5O/c1-3-4-9-24(2)35(27-11-6-5-7-12-27)30(36)23-34-18-16-33(17-19-34)15-8-10-26-22-32-29-14-13-25(21-31)20-28(26)29/h5-7,11-14,20,22,24,32H,3-4,8-10,15-19,23H2,1-2H3. The lowest BCUT2D eigenvalue weighted by Crippen LogP contribution is -2.51. The summed E-state index contributed by atoms with van der Waals surface area (Å²) in [6, 6.07) is 18.4. The van der Waals surface area contributed by atoms with Gasteiger partial charge in [-0.15, -0.1) is 0 Å². The van der Waals surface area contributed by atoms with E-state index in [2.05, 4.69) is 40.9 Å². The molecule has 6 heteroatoms. The SMILES string of the molecule is CCCCC(C)N(C(=O)CN1CCN(CCCc2c[nH]c3ccc(C#N)cc23)CC1)c1ccccc1. The van der Waals surface area contributed by atoms with Crippen molar-refractivity contribution in [1.82, 2.24) is 14.8 Å². The number of anilines is 1. The zero-order chi connectivity index (χ0) is 25.3. The Hall–Kier alpha value is -3.14. The topological polar surface area (TPSA) is 66.4 Å². The van der Waals surface area contributed by atoms with Crippen molar-refractivity contribution in [1.29, 1.82) is 5.26 Å². The van der Waals surface area contributed by atoms with Gasteiger partial charge in [0.2, 0.25) is 5.91 Å².